The van der Waals surface area contributed by atoms with Crippen molar-refractivity contribution in [1.82, 2.24) is 0 Å². The molecule has 97 valence electrons. The SMILES string of the molecule is CC1=CCC(c2c[cH-]c3ccccc23)=C1C.[Cl-].[Cl-].[Zr+3]. The van der Waals surface area contributed by atoms with Gasteiger partial charge in [0.1, 0.15) is 0 Å². The Morgan fingerprint density at radius 1 is 1.05 bits per heavy atom. The molecule has 1 aliphatic rings. The third kappa shape index (κ3) is 3.27. The van der Waals surface area contributed by atoms with Crippen LogP contribution < -0.4 is 24.8 Å². The topological polar surface area (TPSA) is 0 Å². The van der Waals surface area contributed by atoms with Gasteiger partial charge in [0.2, 0.25) is 0 Å². The molecule has 19 heavy (non-hydrogen) atoms. The molecule has 0 bridgehead atoms. The summed E-state index contributed by atoms with van der Waals surface area (Å²) < 4.78 is 0. The first-order valence-corrected chi connectivity index (χ1v) is 5.79. The molecule has 0 fully saturated rings. The van der Waals surface area contributed by atoms with Gasteiger partial charge in [-0.15, -0.1) is 46.7 Å². The fourth-order valence-corrected chi connectivity index (χ4v) is 2.52. The van der Waals surface area contributed by atoms with Crippen LogP contribution in [0.1, 0.15) is 25.8 Å². The van der Waals surface area contributed by atoms with E-state index in [2.05, 4.69) is 56.3 Å². The van der Waals surface area contributed by atoms with Crippen molar-refractivity contribution in [2.24, 2.45) is 0 Å². The zero-order valence-corrected chi connectivity index (χ0v) is 15.0. The van der Waals surface area contributed by atoms with Crippen LogP contribution in [0.4, 0.5) is 0 Å². The van der Waals surface area contributed by atoms with E-state index in [0.717, 1.165) is 6.42 Å². The quantitative estimate of drug-likeness (QED) is 0.548. The molecule has 0 heterocycles. The summed E-state index contributed by atoms with van der Waals surface area (Å²) in [6.45, 7) is 4.43. The van der Waals surface area contributed by atoms with Gasteiger partial charge in [-0.2, -0.15) is 0 Å². The molecule has 3 rings (SSSR count). The molecule has 3 heteroatoms. The van der Waals surface area contributed by atoms with Crippen LogP contribution in [0.3, 0.4) is 0 Å². The number of rotatable bonds is 1. The van der Waals surface area contributed by atoms with Gasteiger partial charge in [0.25, 0.3) is 0 Å². The smallest absolute Gasteiger partial charge is 1.00 e. The molecule has 0 saturated heterocycles. The predicted octanol–water partition coefficient (Wildman–Crippen LogP) is -1.31. The predicted molar refractivity (Wildman–Crippen MR) is 70.5 cm³/mol. The number of hydrogen-bond acceptors (Lipinski definition) is 0. The van der Waals surface area contributed by atoms with Crippen molar-refractivity contribution in [3.05, 3.63) is 59.2 Å². The van der Waals surface area contributed by atoms with Gasteiger partial charge < -0.3 is 24.8 Å². The molecule has 0 unspecified atom stereocenters. The average Bonchev–Trinajstić information content (AvgIpc) is 2.85. The van der Waals surface area contributed by atoms with Crippen LogP contribution in [0.15, 0.2) is 53.6 Å². The summed E-state index contributed by atoms with van der Waals surface area (Å²) in [6, 6.07) is 13.1. The Morgan fingerprint density at radius 2 is 1.74 bits per heavy atom. The summed E-state index contributed by atoms with van der Waals surface area (Å²) in [5, 5.41) is 2.74. The maximum atomic E-state index is 2.33. The third-order valence-corrected chi connectivity index (χ3v) is 3.66. The minimum Gasteiger partial charge on any atom is -1.00 e. The van der Waals surface area contributed by atoms with Gasteiger partial charge >= 0.3 is 26.2 Å². The number of fused-ring (bicyclic) bond motifs is 1. The van der Waals surface area contributed by atoms with Gasteiger partial charge in [-0.3, -0.25) is 0 Å². The van der Waals surface area contributed by atoms with Gasteiger partial charge in [-0.05, 0) is 20.3 Å². The van der Waals surface area contributed by atoms with Crippen molar-refractivity contribution in [1.29, 1.82) is 0 Å². The van der Waals surface area contributed by atoms with Gasteiger partial charge in [0, 0.05) is 0 Å². The summed E-state index contributed by atoms with van der Waals surface area (Å²) in [5.74, 6) is 0. The normalized spacial score (nSPS) is 13.5. The fraction of sp³-hybridized carbons (Fsp3) is 0.188. The van der Waals surface area contributed by atoms with E-state index >= 15 is 0 Å². The van der Waals surface area contributed by atoms with Crippen molar-refractivity contribution in [3.8, 4) is 0 Å². The maximum absolute atomic E-state index is 2.33. The standard InChI is InChI=1S/C16H15.2ClH.Zr/c1-11-7-9-14(12(11)2)16-10-8-13-5-3-4-6-15(13)16;;;/h3-8,10H,9H2,1-2H3;2*1H;/q-1;;;+3/p-2. The van der Waals surface area contributed by atoms with Gasteiger partial charge in [0.15, 0.2) is 0 Å². The largest absolute Gasteiger partial charge is 3.00 e. The fourth-order valence-electron chi connectivity index (χ4n) is 2.52. The van der Waals surface area contributed by atoms with Crippen LogP contribution in [0.5, 0.6) is 0 Å². The monoisotopic (exact) mass is 367 g/mol. The molecular formula is C16H15Cl2Zr. The summed E-state index contributed by atoms with van der Waals surface area (Å²) >= 11 is 0. The molecule has 0 N–H and O–H groups in total. The van der Waals surface area contributed by atoms with Crippen molar-refractivity contribution in [2.75, 3.05) is 0 Å². The van der Waals surface area contributed by atoms with E-state index in [0.29, 0.717) is 0 Å². The number of halogens is 2. The molecule has 1 aliphatic carbocycles. The number of allylic oxidation sites excluding steroid dienone is 4. The second-order valence-corrected chi connectivity index (χ2v) is 4.53. The third-order valence-electron chi connectivity index (χ3n) is 3.66. The Bertz CT molecular complexity index is 620. The van der Waals surface area contributed by atoms with E-state index < -0.39 is 0 Å². The number of benzene rings is 1. The van der Waals surface area contributed by atoms with E-state index in [1.807, 2.05) is 0 Å². The molecule has 0 amide bonds. The molecule has 0 saturated carbocycles. The number of hydrogen-bond donors (Lipinski definition) is 0. The van der Waals surface area contributed by atoms with Crippen LogP contribution in [0.2, 0.25) is 0 Å². The van der Waals surface area contributed by atoms with Crippen LogP contribution in [0.25, 0.3) is 16.3 Å². The van der Waals surface area contributed by atoms with Crippen molar-refractivity contribution in [2.45, 2.75) is 20.3 Å². The molecule has 2 aromatic rings. The van der Waals surface area contributed by atoms with Crippen LogP contribution in [0, 0.1) is 0 Å². The van der Waals surface area contributed by atoms with Crippen LogP contribution >= 0.6 is 0 Å². The van der Waals surface area contributed by atoms with Gasteiger partial charge in [-0.25, -0.2) is 0 Å². The Morgan fingerprint density at radius 3 is 2.37 bits per heavy atom. The average molecular weight is 369 g/mol. The molecule has 1 radical (unpaired) electrons. The zero-order chi connectivity index (χ0) is 11.1. The molecule has 0 spiro atoms. The Balaban J connectivity index is 0.00000108. The molecule has 0 atom stereocenters. The van der Waals surface area contributed by atoms with Gasteiger partial charge in [0.05, 0.1) is 0 Å². The molecule has 0 aromatic heterocycles. The first-order valence-electron chi connectivity index (χ1n) is 5.79. The molecular weight excluding hydrogens is 354 g/mol. The van der Waals surface area contributed by atoms with E-state index in [4.69, 9.17) is 0 Å². The molecule has 2 aromatic carbocycles. The van der Waals surface area contributed by atoms with E-state index in [1.54, 1.807) is 0 Å². The second-order valence-electron chi connectivity index (χ2n) is 4.53. The van der Waals surface area contributed by atoms with Crippen LogP contribution in [-0.2, 0) is 26.2 Å². The summed E-state index contributed by atoms with van der Waals surface area (Å²) in [5.41, 5.74) is 5.80. The van der Waals surface area contributed by atoms with Crippen molar-refractivity contribution < 1.29 is 51.0 Å². The summed E-state index contributed by atoms with van der Waals surface area (Å²) in [7, 11) is 0. The Kier molecular flexibility index (Phi) is 7.44. The minimum absolute atomic E-state index is 0. The van der Waals surface area contributed by atoms with Crippen molar-refractivity contribution >= 4 is 16.3 Å². The zero-order valence-electron chi connectivity index (χ0n) is 11.0. The first-order chi connectivity index (χ1) is 7.77. The van der Waals surface area contributed by atoms with E-state index in [9.17, 15) is 0 Å². The maximum Gasteiger partial charge on any atom is 3.00 e. The van der Waals surface area contributed by atoms with Crippen molar-refractivity contribution in [3.63, 3.8) is 0 Å². The molecule has 0 aliphatic heterocycles. The van der Waals surface area contributed by atoms with Gasteiger partial charge in [-0.1, -0.05) is 28.9 Å². The Hall–Kier alpha value is -0.227. The first kappa shape index (κ1) is 18.8. The Labute approximate surface area is 146 Å². The second kappa shape index (κ2) is 7.53. The van der Waals surface area contributed by atoms with Crippen LogP contribution in [-0.4, -0.2) is 0 Å². The summed E-state index contributed by atoms with van der Waals surface area (Å²) in [6.07, 6.45) is 3.41. The van der Waals surface area contributed by atoms with E-state index in [1.165, 1.54) is 33.1 Å². The summed E-state index contributed by atoms with van der Waals surface area (Å²) in [4.78, 5) is 0. The van der Waals surface area contributed by atoms with E-state index in [-0.39, 0.29) is 51.0 Å². The molecule has 0 nitrogen and oxygen atoms in total. The minimum atomic E-state index is 0.